The number of carbonyl (C=O) groups is 1. The summed E-state index contributed by atoms with van der Waals surface area (Å²) in [5.41, 5.74) is 2.67. The molecule has 0 aliphatic carbocycles. The van der Waals surface area contributed by atoms with Crippen molar-refractivity contribution in [2.45, 2.75) is 19.1 Å². The maximum Gasteiger partial charge on any atom is 0.266 e. The van der Waals surface area contributed by atoms with Crippen molar-refractivity contribution in [3.63, 3.8) is 0 Å². The topological polar surface area (TPSA) is 84.2 Å². The Kier molecular flexibility index (Phi) is 4.22. The lowest BCUT2D eigenvalue weighted by molar-refractivity contribution is 0.0677. The number of carbonyl (C=O) groups excluding carboxylic acids is 1. The summed E-state index contributed by atoms with van der Waals surface area (Å²) in [6, 6.07) is 9.46. The highest BCUT2D eigenvalue weighted by molar-refractivity contribution is 7.13. The van der Waals surface area contributed by atoms with Crippen LogP contribution in [0.15, 0.2) is 47.3 Å². The fourth-order valence-corrected chi connectivity index (χ4v) is 4.51. The molecule has 0 radical (unpaired) electrons. The number of para-hydroxylation sites is 1. The molecule has 0 spiro atoms. The number of hydrogen-bond donors (Lipinski definition) is 1. The van der Waals surface area contributed by atoms with Crippen molar-refractivity contribution in [1.29, 1.82) is 0 Å². The third kappa shape index (κ3) is 2.81. The average Bonchev–Trinajstić information content (AvgIpc) is 3.45. The lowest BCUT2D eigenvalue weighted by Crippen LogP contribution is -2.40. The van der Waals surface area contributed by atoms with Crippen molar-refractivity contribution >= 4 is 28.2 Å². The summed E-state index contributed by atoms with van der Waals surface area (Å²) in [5, 5.41) is 1.79. The number of benzene rings is 1. The Hall–Kier alpha value is -2.97. The molecule has 1 atom stereocenters. The predicted octanol–water partition coefficient (Wildman–Crippen LogP) is 3.55. The van der Waals surface area contributed by atoms with Gasteiger partial charge >= 0.3 is 0 Å². The lowest BCUT2D eigenvalue weighted by Gasteiger charge is -2.33. The van der Waals surface area contributed by atoms with Crippen LogP contribution >= 0.6 is 11.3 Å². The second kappa shape index (κ2) is 6.88. The molecule has 0 saturated heterocycles. The number of methoxy groups -OCH3 is 1. The molecule has 1 aliphatic rings. The van der Waals surface area contributed by atoms with Crippen LogP contribution in [0.2, 0.25) is 0 Å². The maximum absolute atomic E-state index is 13.3. The van der Waals surface area contributed by atoms with Crippen LogP contribution in [-0.4, -0.2) is 39.4 Å². The number of aromatic amines is 1. The number of H-pyrrole nitrogens is 1. The van der Waals surface area contributed by atoms with Gasteiger partial charge in [0.15, 0.2) is 0 Å². The van der Waals surface area contributed by atoms with Crippen LogP contribution in [0.4, 0.5) is 0 Å². The van der Waals surface area contributed by atoms with E-state index in [1.165, 1.54) is 11.3 Å². The van der Waals surface area contributed by atoms with Crippen LogP contribution in [0.3, 0.4) is 0 Å². The van der Waals surface area contributed by atoms with Gasteiger partial charge in [-0.05, 0) is 12.1 Å². The van der Waals surface area contributed by atoms with E-state index in [2.05, 4.69) is 15.0 Å². The molecule has 0 fully saturated rings. The molecule has 4 aromatic rings. The van der Waals surface area contributed by atoms with Gasteiger partial charge in [-0.25, -0.2) is 9.97 Å². The zero-order valence-corrected chi connectivity index (χ0v) is 16.0. The fraction of sp³-hybridized carbons (Fsp3) is 0.250. The first-order valence-corrected chi connectivity index (χ1v) is 9.81. The zero-order chi connectivity index (χ0) is 19.1. The molecule has 5 rings (SSSR count). The molecule has 4 heterocycles. The molecular formula is C20H18N4O3S. The number of hydrogen-bond acceptors (Lipinski definition) is 6. The molecular weight excluding hydrogens is 376 g/mol. The van der Waals surface area contributed by atoms with Crippen molar-refractivity contribution in [2.24, 2.45) is 0 Å². The van der Waals surface area contributed by atoms with E-state index >= 15 is 0 Å². The van der Waals surface area contributed by atoms with Gasteiger partial charge in [-0.3, -0.25) is 4.79 Å². The second-order valence-electron chi connectivity index (χ2n) is 6.66. The Balaban J connectivity index is 1.56. The lowest BCUT2D eigenvalue weighted by atomic mass is 10.00. The van der Waals surface area contributed by atoms with Gasteiger partial charge in [-0.15, -0.1) is 11.3 Å². The third-order valence-corrected chi connectivity index (χ3v) is 5.89. The van der Waals surface area contributed by atoms with E-state index in [4.69, 9.17) is 9.15 Å². The first-order chi connectivity index (χ1) is 13.7. The highest BCUT2D eigenvalue weighted by atomic mass is 32.1. The number of imidazole rings is 1. The Bertz CT molecular complexity index is 1110. The summed E-state index contributed by atoms with van der Waals surface area (Å²) in [4.78, 5) is 27.7. The van der Waals surface area contributed by atoms with Crippen molar-refractivity contribution in [1.82, 2.24) is 19.9 Å². The molecule has 1 aromatic carbocycles. The number of fused-ring (bicyclic) bond motifs is 2. The Morgan fingerprint density at radius 3 is 3.14 bits per heavy atom. The molecule has 3 aromatic heterocycles. The molecule has 0 unspecified atom stereocenters. The predicted molar refractivity (Wildman–Crippen MR) is 104 cm³/mol. The number of thiazole rings is 1. The minimum Gasteiger partial charge on any atom is -0.458 e. The van der Waals surface area contributed by atoms with E-state index in [1.807, 2.05) is 35.2 Å². The van der Waals surface area contributed by atoms with Crippen molar-refractivity contribution in [3.8, 4) is 0 Å². The van der Waals surface area contributed by atoms with E-state index in [9.17, 15) is 4.79 Å². The third-order valence-electron chi connectivity index (χ3n) is 4.93. The summed E-state index contributed by atoms with van der Waals surface area (Å²) in [5.74, 6) is 0.642. The molecule has 0 bridgehead atoms. The summed E-state index contributed by atoms with van der Waals surface area (Å²) < 4.78 is 11.2. The largest absolute Gasteiger partial charge is 0.458 e. The van der Waals surface area contributed by atoms with E-state index in [1.54, 1.807) is 19.6 Å². The van der Waals surface area contributed by atoms with E-state index in [0.29, 0.717) is 23.8 Å². The minimum atomic E-state index is -0.372. The van der Waals surface area contributed by atoms with Gasteiger partial charge in [0, 0.05) is 31.2 Å². The quantitative estimate of drug-likeness (QED) is 0.572. The molecule has 142 valence electrons. The van der Waals surface area contributed by atoms with Crippen LogP contribution in [0.25, 0.3) is 11.0 Å². The molecule has 28 heavy (non-hydrogen) atoms. The van der Waals surface area contributed by atoms with Gasteiger partial charge in [-0.1, -0.05) is 18.2 Å². The highest BCUT2D eigenvalue weighted by Crippen LogP contribution is 2.37. The molecule has 7 nitrogen and oxygen atoms in total. The number of furan rings is 1. The van der Waals surface area contributed by atoms with Crippen molar-refractivity contribution in [2.75, 3.05) is 13.7 Å². The average molecular weight is 394 g/mol. The van der Waals surface area contributed by atoms with Crippen LogP contribution in [-0.2, 0) is 17.8 Å². The van der Waals surface area contributed by atoms with Gasteiger partial charge in [0.25, 0.3) is 5.91 Å². The summed E-state index contributed by atoms with van der Waals surface area (Å²) in [7, 11) is 1.62. The van der Waals surface area contributed by atoms with Gasteiger partial charge in [0.05, 0.1) is 24.8 Å². The number of aromatic nitrogens is 3. The summed E-state index contributed by atoms with van der Waals surface area (Å²) >= 11 is 1.36. The Labute approximate surface area is 165 Å². The smallest absolute Gasteiger partial charge is 0.266 e. The van der Waals surface area contributed by atoms with E-state index in [-0.39, 0.29) is 11.9 Å². The molecule has 1 N–H and O–H groups in total. The monoisotopic (exact) mass is 394 g/mol. The van der Waals surface area contributed by atoms with Crippen LogP contribution < -0.4 is 0 Å². The van der Waals surface area contributed by atoms with Gasteiger partial charge in [0.1, 0.15) is 27.3 Å². The van der Waals surface area contributed by atoms with Gasteiger partial charge in [-0.2, -0.15) is 0 Å². The first-order valence-electron chi connectivity index (χ1n) is 9.00. The number of nitrogens with zero attached hydrogens (tertiary/aromatic N) is 3. The SMILES string of the molecule is COCc1ncc(C(=O)N2CCc3[nH]cnc3[C@H]2c2cc3ccccc3o2)s1. The van der Waals surface area contributed by atoms with Crippen LogP contribution in [0, 0.1) is 0 Å². The number of amides is 1. The number of rotatable bonds is 4. The normalized spacial score (nSPS) is 16.5. The molecule has 1 amide bonds. The van der Waals surface area contributed by atoms with E-state index in [0.717, 1.165) is 33.8 Å². The maximum atomic E-state index is 13.3. The summed E-state index contributed by atoms with van der Waals surface area (Å²) in [6.07, 6.45) is 4.02. The van der Waals surface area contributed by atoms with Crippen molar-refractivity contribution < 1.29 is 13.9 Å². The Morgan fingerprint density at radius 1 is 1.39 bits per heavy atom. The van der Waals surface area contributed by atoms with Crippen molar-refractivity contribution in [3.05, 3.63) is 69.9 Å². The molecule has 8 heteroatoms. The Morgan fingerprint density at radius 2 is 2.29 bits per heavy atom. The highest BCUT2D eigenvalue weighted by Gasteiger charge is 2.37. The van der Waals surface area contributed by atoms with Gasteiger partial charge in [0.2, 0.25) is 0 Å². The fourth-order valence-electron chi connectivity index (χ4n) is 3.66. The van der Waals surface area contributed by atoms with Crippen LogP contribution in [0.1, 0.15) is 37.9 Å². The number of nitrogens with one attached hydrogen (secondary N) is 1. The van der Waals surface area contributed by atoms with Crippen LogP contribution in [0.5, 0.6) is 0 Å². The van der Waals surface area contributed by atoms with Gasteiger partial charge < -0.3 is 19.0 Å². The number of ether oxygens (including phenoxy) is 1. The molecule has 1 aliphatic heterocycles. The zero-order valence-electron chi connectivity index (χ0n) is 15.2. The summed E-state index contributed by atoms with van der Waals surface area (Å²) in [6.45, 7) is 0.974. The first kappa shape index (κ1) is 17.2. The second-order valence-corrected chi connectivity index (χ2v) is 7.77. The molecule has 0 saturated carbocycles. The van der Waals surface area contributed by atoms with E-state index < -0.39 is 0 Å². The minimum absolute atomic E-state index is 0.0704. The standard InChI is InChI=1S/C20H18N4O3S/c1-26-10-17-21-9-16(28-17)20(25)24-7-6-13-18(23-11-22-13)19(24)15-8-12-4-2-3-5-14(12)27-15/h2-5,8-9,11,19H,6-7,10H2,1H3,(H,22,23)/t19-/m1/s1.